The lowest BCUT2D eigenvalue weighted by molar-refractivity contribution is -0.142. The Labute approximate surface area is 188 Å². The van der Waals surface area contributed by atoms with E-state index in [9.17, 15) is 18.4 Å². The van der Waals surface area contributed by atoms with E-state index in [4.69, 9.17) is 9.15 Å². The summed E-state index contributed by atoms with van der Waals surface area (Å²) in [5, 5.41) is 3.81. The van der Waals surface area contributed by atoms with Crippen molar-refractivity contribution < 1.29 is 27.5 Å². The summed E-state index contributed by atoms with van der Waals surface area (Å²) >= 11 is 0. The highest BCUT2D eigenvalue weighted by Crippen LogP contribution is 2.52. The molecule has 0 radical (unpaired) electrons. The number of rotatable bonds is 3. The van der Waals surface area contributed by atoms with Gasteiger partial charge in [0.05, 0.1) is 5.56 Å². The number of ketones is 1. The lowest BCUT2D eigenvalue weighted by Gasteiger charge is -2.38. The van der Waals surface area contributed by atoms with Gasteiger partial charge in [0.25, 0.3) is 5.91 Å². The third-order valence-electron chi connectivity index (χ3n) is 7.28. The highest BCUT2D eigenvalue weighted by Gasteiger charge is 2.65. The van der Waals surface area contributed by atoms with Gasteiger partial charge in [0.2, 0.25) is 0 Å². The zero-order valence-corrected chi connectivity index (χ0v) is 17.8. The Morgan fingerprint density at radius 2 is 1.79 bits per heavy atom. The fourth-order valence-electron chi connectivity index (χ4n) is 5.74. The maximum atomic E-state index is 14.4. The van der Waals surface area contributed by atoms with E-state index in [0.29, 0.717) is 43.3 Å². The summed E-state index contributed by atoms with van der Waals surface area (Å²) in [5.41, 5.74) is -1.71. The van der Waals surface area contributed by atoms with Gasteiger partial charge in [-0.05, 0) is 62.5 Å². The lowest BCUT2D eigenvalue weighted by Crippen LogP contribution is -2.55. The van der Waals surface area contributed by atoms with E-state index in [2.05, 4.69) is 5.32 Å². The molecule has 8 heteroatoms. The number of ether oxygens (including phenoxy) is 1. The first-order valence-corrected chi connectivity index (χ1v) is 11.1. The highest BCUT2D eigenvalue weighted by molar-refractivity contribution is 6.13. The number of nitrogens with one attached hydrogen (secondary N) is 1. The average Bonchev–Trinajstić information content (AvgIpc) is 3.47. The number of para-hydroxylation sites is 1. The molecular weight excluding hydrogens is 430 g/mol. The Kier molecular flexibility index (Phi) is 4.47. The third kappa shape index (κ3) is 2.83. The quantitative estimate of drug-likeness (QED) is 0.611. The minimum absolute atomic E-state index is 0.112. The predicted molar refractivity (Wildman–Crippen MR) is 114 cm³/mol. The molecule has 2 atom stereocenters. The zero-order chi connectivity index (χ0) is 22.8. The van der Waals surface area contributed by atoms with Gasteiger partial charge in [-0.15, -0.1) is 0 Å². The minimum atomic E-state index is -1.59. The number of Topliss-reactive ketones (excluding diaryl/α,β-unsaturated/α-hetero) is 1. The van der Waals surface area contributed by atoms with Crippen molar-refractivity contribution in [2.75, 3.05) is 13.1 Å². The van der Waals surface area contributed by atoms with Crippen LogP contribution in [0.5, 0.6) is 0 Å². The summed E-state index contributed by atoms with van der Waals surface area (Å²) < 4.78 is 40.7. The number of fused-ring (bicyclic) bond motifs is 2. The van der Waals surface area contributed by atoms with E-state index in [1.165, 1.54) is 11.2 Å². The summed E-state index contributed by atoms with van der Waals surface area (Å²) in [7, 11) is 0. The van der Waals surface area contributed by atoms with Gasteiger partial charge >= 0.3 is 0 Å². The molecule has 2 unspecified atom stereocenters. The largest absolute Gasteiger partial charge is 0.464 e. The fraction of sp³-hybridized carbons (Fsp3) is 0.360. The molecule has 3 aliphatic heterocycles. The molecular formula is C25H22F2N2O4. The summed E-state index contributed by atoms with van der Waals surface area (Å²) in [6.45, 7) is 1.24. The molecule has 1 aromatic heterocycles. The number of nitrogens with zero attached hydrogens (tertiary/aromatic N) is 1. The van der Waals surface area contributed by atoms with Crippen LogP contribution >= 0.6 is 0 Å². The maximum absolute atomic E-state index is 14.4. The van der Waals surface area contributed by atoms with Crippen molar-refractivity contribution in [3.8, 4) is 0 Å². The topological polar surface area (TPSA) is 71.8 Å². The second kappa shape index (κ2) is 7.20. The van der Waals surface area contributed by atoms with E-state index in [1.807, 2.05) is 0 Å². The van der Waals surface area contributed by atoms with Gasteiger partial charge in [0.1, 0.15) is 35.2 Å². The SMILES string of the molecule is O=C1N2C(CCC2(C(=O)c2coc3ccccc23)c2cc(F)cc(F)c2)OC12CCNCC2. The summed E-state index contributed by atoms with van der Waals surface area (Å²) in [5.74, 6) is -2.33. The second-order valence-electron chi connectivity index (χ2n) is 9.02. The average molecular weight is 452 g/mol. The van der Waals surface area contributed by atoms with Gasteiger partial charge in [0, 0.05) is 11.5 Å². The van der Waals surface area contributed by atoms with E-state index in [1.54, 1.807) is 24.3 Å². The van der Waals surface area contributed by atoms with Crippen molar-refractivity contribution in [1.82, 2.24) is 10.2 Å². The van der Waals surface area contributed by atoms with Crippen LogP contribution in [-0.4, -0.2) is 41.5 Å². The Morgan fingerprint density at radius 3 is 2.55 bits per heavy atom. The molecule has 0 bridgehead atoms. The molecule has 1 N–H and O–H groups in total. The standard InChI is InChI=1S/C25H22F2N2O4/c26-16-11-15(12-17(27)13-16)25(22(30)19-14-32-20-4-2-1-3-18(19)20)6-5-21-29(25)23(31)24(33-21)7-9-28-10-8-24/h1-4,11-14,21,28H,5-10H2. The molecule has 1 amide bonds. The second-order valence-corrected chi connectivity index (χ2v) is 9.02. The molecule has 33 heavy (non-hydrogen) atoms. The van der Waals surface area contributed by atoms with Gasteiger partial charge in [-0.25, -0.2) is 8.78 Å². The van der Waals surface area contributed by atoms with Crippen molar-refractivity contribution in [3.05, 3.63) is 71.5 Å². The smallest absolute Gasteiger partial charge is 0.258 e. The molecule has 1 spiro atoms. The number of furan rings is 1. The van der Waals surface area contributed by atoms with Crippen molar-refractivity contribution in [2.45, 2.75) is 43.1 Å². The van der Waals surface area contributed by atoms with Crippen LogP contribution < -0.4 is 5.32 Å². The molecule has 4 heterocycles. The Balaban J connectivity index is 1.55. The minimum Gasteiger partial charge on any atom is -0.464 e. The molecule has 170 valence electrons. The first-order chi connectivity index (χ1) is 15.9. The number of piperidine rings is 1. The van der Waals surface area contributed by atoms with Crippen LogP contribution in [0.3, 0.4) is 0 Å². The number of halogens is 2. The van der Waals surface area contributed by atoms with Crippen LogP contribution in [0.2, 0.25) is 0 Å². The van der Waals surface area contributed by atoms with Crippen LogP contribution in [0, 0.1) is 11.6 Å². The number of hydrogen-bond donors (Lipinski definition) is 1. The first kappa shape index (κ1) is 20.5. The highest BCUT2D eigenvalue weighted by atomic mass is 19.1. The van der Waals surface area contributed by atoms with Crippen LogP contribution in [0.1, 0.15) is 41.6 Å². The molecule has 2 aromatic carbocycles. The van der Waals surface area contributed by atoms with Crippen molar-refractivity contribution >= 4 is 22.7 Å². The summed E-state index contributed by atoms with van der Waals surface area (Å²) in [6, 6.07) is 10.1. The van der Waals surface area contributed by atoms with E-state index in [-0.39, 0.29) is 23.5 Å². The van der Waals surface area contributed by atoms with Gasteiger partial charge < -0.3 is 14.5 Å². The molecule has 3 fully saturated rings. The van der Waals surface area contributed by atoms with E-state index >= 15 is 0 Å². The molecule has 6 rings (SSSR count). The van der Waals surface area contributed by atoms with Crippen LogP contribution in [-0.2, 0) is 15.1 Å². The monoisotopic (exact) mass is 452 g/mol. The molecule has 0 aliphatic carbocycles. The Hall–Kier alpha value is -3.10. The van der Waals surface area contributed by atoms with Crippen LogP contribution in [0.15, 0.2) is 53.1 Å². The van der Waals surface area contributed by atoms with E-state index in [0.717, 1.165) is 18.2 Å². The maximum Gasteiger partial charge on any atom is 0.258 e. The molecule has 0 saturated carbocycles. The zero-order valence-electron chi connectivity index (χ0n) is 17.8. The van der Waals surface area contributed by atoms with Crippen molar-refractivity contribution in [1.29, 1.82) is 0 Å². The molecule has 6 nitrogen and oxygen atoms in total. The molecule has 3 aromatic rings. The summed E-state index contributed by atoms with van der Waals surface area (Å²) in [4.78, 5) is 29.6. The van der Waals surface area contributed by atoms with E-state index < -0.39 is 34.8 Å². The van der Waals surface area contributed by atoms with Crippen molar-refractivity contribution in [2.24, 2.45) is 0 Å². The number of amides is 1. The summed E-state index contributed by atoms with van der Waals surface area (Å²) in [6.07, 6.45) is 2.27. The van der Waals surface area contributed by atoms with Crippen molar-refractivity contribution in [3.63, 3.8) is 0 Å². The van der Waals surface area contributed by atoms with Gasteiger partial charge in [-0.2, -0.15) is 0 Å². The first-order valence-electron chi connectivity index (χ1n) is 11.1. The predicted octanol–water partition coefficient (Wildman–Crippen LogP) is 3.89. The number of hydrogen-bond acceptors (Lipinski definition) is 5. The van der Waals surface area contributed by atoms with Crippen LogP contribution in [0.25, 0.3) is 11.0 Å². The number of carbonyl (C=O) groups excluding carboxylic acids is 2. The lowest BCUT2D eigenvalue weighted by atomic mass is 9.78. The molecule has 3 aliphatic rings. The third-order valence-corrected chi connectivity index (χ3v) is 7.28. The van der Waals surface area contributed by atoms with Gasteiger partial charge in [-0.3, -0.25) is 14.5 Å². The van der Waals surface area contributed by atoms with Gasteiger partial charge in [0.15, 0.2) is 11.4 Å². The normalized spacial score (nSPS) is 26.3. The Morgan fingerprint density at radius 1 is 1.06 bits per heavy atom. The Bertz CT molecular complexity index is 1260. The number of carbonyl (C=O) groups is 2. The van der Waals surface area contributed by atoms with Gasteiger partial charge in [-0.1, -0.05) is 18.2 Å². The fourth-order valence-corrected chi connectivity index (χ4v) is 5.74. The number of benzene rings is 2. The molecule has 3 saturated heterocycles. The van der Waals surface area contributed by atoms with Crippen LogP contribution in [0.4, 0.5) is 8.78 Å².